The third-order valence-electron chi connectivity index (χ3n) is 5.36. The molecule has 11 heteroatoms. The van der Waals surface area contributed by atoms with Crippen molar-refractivity contribution in [2.75, 3.05) is 46.2 Å². The van der Waals surface area contributed by atoms with Crippen LogP contribution >= 0.6 is 0 Å². The van der Waals surface area contributed by atoms with Crippen molar-refractivity contribution in [3.05, 3.63) is 70.2 Å². The number of rotatable bonds is 9. The lowest BCUT2D eigenvalue weighted by Crippen LogP contribution is -2.29. The van der Waals surface area contributed by atoms with Gasteiger partial charge in [-0.3, -0.25) is 10.1 Å². The van der Waals surface area contributed by atoms with Gasteiger partial charge in [-0.2, -0.15) is 4.68 Å². The second-order valence-corrected chi connectivity index (χ2v) is 7.75. The zero-order valence-corrected chi connectivity index (χ0v) is 19.0. The summed E-state index contributed by atoms with van der Waals surface area (Å²) in [7, 11) is 4.63. The van der Waals surface area contributed by atoms with Crippen molar-refractivity contribution >= 4 is 22.4 Å². The van der Waals surface area contributed by atoms with E-state index in [0.717, 1.165) is 11.0 Å². The van der Waals surface area contributed by atoms with Crippen LogP contribution in [0.2, 0.25) is 0 Å². The maximum atomic E-state index is 11.9. The van der Waals surface area contributed by atoms with E-state index in [-0.39, 0.29) is 25.2 Å². The van der Waals surface area contributed by atoms with E-state index in [1.807, 2.05) is 24.3 Å². The molecule has 0 aliphatic heterocycles. The van der Waals surface area contributed by atoms with Crippen molar-refractivity contribution in [2.24, 2.45) is 0 Å². The molecule has 0 aliphatic carbocycles. The zero-order chi connectivity index (χ0) is 26.7. The van der Waals surface area contributed by atoms with Gasteiger partial charge in [0.15, 0.2) is 5.82 Å². The van der Waals surface area contributed by atoms with Gasteiger partial charge in [0.2, 0.25) is 0 Å². The summed E-state index contributed by atoms with van der Waals surface area (Å²) >= 11 is 0. The fourth-order valence-electron chi connectivity index (χ4n) is 3.60. The van der Waals surface area contributed by atoms with Crippen LogP contribution in [0.1, 0.15) is 15.5 Å². The van der Waals surface area contributed by atoms with Crippen LogP contribution in [0.3, 0.4) is 0 Å². The molecule has 4 aromatic rings. The minimum atomic E-state index is -2.25. The van der Waals surface area contributed by atoms with Crippen molar-refractivity contribution in [3.8, 4) is 11.6 Å². The third-order valence-corrected chi connectivity index (χ3v) is 5.36. The highest BCUT2D eigenvalue weighted by atomic mass is 16.6. The second kappa shape index (κ2) is 9.79. The first-order valence-corrected chi connectivity index (χ1v) is 10.5. The fraction of sp³-hybridized carbons (Fsp3) is 0.304. The van der Waals surface area contributed by atoms with Gasteiger partial charge in [0.25, 0.3) is 5.69 Å². The predicted octanol–water partition coefficient (Wildman–Crippen LogP) is 2.72. The number of methoxy groups -OCH3 is 1. The van der Waals surface area contributed by atoms with Gasteiger partial charge in [-0.25, -0.2) is 9.97 Å². The molecule has 2 heterocycles. The van der Waals surface area contributed by atoms with Crippen LogP contribution in [0.15, 0.2) is 48.7 Å². The minimum absolute atomic E-state index is 0.131. The average molecular weight is 466 g/mol. The van der Waals surface area contributed by atoms with Gasteiger partial charge in [-0.1, -0.05) is 17.3 Å². The fourth-order valence-corrected chi connectivity index (χ4v) is 3.60. The van der Waals surface area contributed by atoms with Crippen LogP contribution in [-0.2, 0) is 6.42 Å². The topological polar surface area (TPSA) is 115 Å². The van der Waals surface area contributed by atoms with Crippen molar-refractivity contribution in [3.63, 3.8) is 0 Å². The molecule has 0 bridgehead atoms. The van der Waals surface area contributed by atoms with E-state index < -0.39 is 11.9 Å². The number of fused-ring (bicyclic) bond motifs is 1. The van der Waals surface area contributed by atoms with Gasteiger partial charge in [-0.15, -0.1) is 5.10 Å². The minimum Gasteiger partial charge on any atom is -0.496 e. The quantitative estimate of drug-likeness (QED) is 0.272. The normalized spacial score (nSPS) is 12.9. The molecule has 4 rings (SSSR count). The molecule has 0 radical (unpaired) electrons. The number of nitro benzene ring substituents is 1. The van der Waals surface area contributed by atoms with Gasteiger partial charge < -0.3 is 14.5 Å². The molecule has 0 unspecified atom stereocenters. The van der Waals surface area contributed by atoms with Gasteiger partial charge >= 0.3 is 0 Å². The summed E-state index contributed by atoms with van der Waals surface area (Å²) in [5.74, 6) is 1.36. The molecule has 0 amide bonds. The smallest absolute Gasteiger partial charge is 0.293 e. The van der Waals surface area contributed by atoms with Crippen molar-refractivity contribution < 1.29 is 13.8 Å². The molecule has 0 spiro atoms. The summed E-state index contributed by atoms with van der Waals surface area (Å²) in [6, 6.07) is 12.2. The molecular formula is C23H26N8O3. The molecule has 11 nitrogen and oxygen atoms in total. The van der Waals surface area contributed by atoms with E-state index in [9.17, 15) is 10.1 Å². The Labute approximate surface area is 201 Å². The van der Waals surface area contributed by atoms with Crippen LogP contribution in [-0.4, -0.2) is 76.1 Å². The number of benzene rings is 2. The Morgan fingerprint density at radius 3 is 2.79 bits per heavy atom. The highest BCUT2D eigenvalue weighted by Gasteiger charge is 2.22. The number of hydrogen-bond acceptors (Lipinski definition) is 9. The van der Waals surface area contributed by atoms with E-state index in [4.69, 9.17) is 8.85 Å². The Bertz CT molecular complexity index is 1430. The van der Waals surface area contributed by atoms with Gasteiger partial charge in [-0.05, 0) is 26.2 Å². The first kappa shape index (κ1) is 19.4. The molecule has 0 atom stereocenters. The van der Waals surface area contributed by atoms with E-state index >= 15 is 0 Å². The van der Waals surface area contributed by atoms with Crippen LogP contribution in [0.25, 0.3) is 16.9 Å². The second-order valence-electron chi connectivity index (χ2n) is 7.75. The van der Waals surface area contributed by atoms with Crippen LogP contribution in [0, 0.1) is 10.1 Å². The van der Waals surface area contributed by atoms with Gasteiger partial charge in [0.05, 0.1) is 17.5 Å². The number of anilines is 1. The number of aromatic nitrogens is 5. The molecule has 2 aromatic carbocycles. The SMILES string of the molecule is [2H]C([2H])([2H])N(C)CCN(C)c1cc(OC)c(Cc2nccc(-n3nnc4ccccc43)n2)cc1[N+](=O)[O-]. The molecular weight excluding hydrogens is 436 g/mol. The summed E-state index contributed by atoms with van der Waals surface area (Å²) in [5, 5.41) is 20.3. The summed E-state index contributed by atoms with van der Waals surface area (Å²) in [6.45, 7) is -1.80. The zero-order valence-electron chi connectivity index (χ0n) is 22.0. The number of para-hydroxylation sites is 1. The molecule has 0 N–H and O–H groups in total. The number of nitrogens with zero attached hydrogens (tertiary/aromatic N) is 8. The lowest BCUT2D eigenvalue weighted by molar-refractivity contribution is -0.384. The van der Waals surface area contributed by atoms with E-state index in [1.54, 1.807) is 35.0 Å². The van der Waals surface area contributed by atoms with Crippen LogP contribution in [0.5, 0.6) is 5.75 Å². The molecule has 176 valence electrons. The largest absolute Gasteiger partial charge is 0.496 e. The number of hydrogen-bond donors (Lipinski definition) is 0. The van der Waals surface area contributed by atoms with Crippen molar-refractivity contribution in [1.82, 2.24) is 29.9 Å². The first-order chi connectivity index (χ1) is 17.6. The Hall–Kier alpha value is -4.12. The van der Waals surface area contributed by atoms with Gasteiger partial charge in [0, 0.05) is 60.6 Å². The first-order valence-electron chi connectivity index (χ1n) is 12.0. The molecule has 0 aliphatic rings. The van der Waals surface area contributed by atoms with Crippen molar-refractivity contribution in [1.29, 1.82) is 0 Å². The third kappa shape index (κ3) is 4.79. The Balaban J connectivity index is 1.63. The summed E-state index contributed by atoms with van der Waals surface area (Å²) in [5.41, 5.74) is 2.23. The maximum absolute atomic E-state index is 11.9. The Kier molecular flexibility index (Phi) is 5.58. The highest BCUT2D eigenvalue weighted by molar-refractivity contribution is 5.75. The predicted molar refractivity (Wildman–Crippen MR) is 129 cm³/mol. The molecule has 34 heavy (non-hydrogen) atoms. The number of nitro groups is 1. The van der Waals surface area contributed by atoms with Crippen LogP contribution in [0.4, 0.5) is 11.4 Å². The maximum Gasteiger partial charge on any atom is 0.293 e. The Morgan fingerprint density at radius 2 is 2.03 bits per heavy atom. The average Bonchev–Trinajstić information content (AvgIpc) is 3.30. The van der Waals surface area contributed by atoms with Gasteiger partial charge in [0.1, 0.15) is 22.8 Å². The standard InChI is InChI=1S/C23H26N8O3/c1-28(2)11-12-29(3)19-15-21(34-4)16(13-20(19)31(32)33)14-22-24-10-9-23(25-22)30-18-8-6-5-7-17(18)26-27-30/h5-10,13,15H,11-12,14H2,1-4H3/i1D3. The van der Waals surface area contributed by atoms with E-state index in [0.29, 0.717) is 28.6 Å². The Morgan fingerprint density at radius 1 is 1.21 bits per heavy atom. The highest BCUT2D eigenvalue weighted by Crippen LogP contribution is 2.35. The molecule has 0 saturated carbocycles. The lowest BCUT2D eigenvalue weighted by Gasteiger charge is -2.22. The molecule has 0 saturated heterocycles. The summed E-state index contributed by atoms with van der Waals surface area (Å²) in [4.78, 5) is 23.3. The summed E-state index contributed by atoms with van der Waals surface area (Å²) < 4.78 is 29.6. The molecule has 0 fully saturated rings. The monoisotopic (exact) mass is 465 g/mol. The molecule has 2 aromatic heterocycles. The number of ether oxygens (including phenoxy) is 1. The lowest BCUT2D eigenvalue weighted by atomic mass is 10.1. The number of likely N-dealkylation sites (N-methyl/N-ethyl adjacent to an activating group) is 2. The van der Waals surface area contributed by atoms with E-state index in [1.165, 1.54) is 25.1 Å². The van der Waals surface area contributed by atoms with Crippen molar-refractivity contribution in [2.45, 2.75) is 6.42 Å². The van der Waals surface area contributed by atoms with E-state index in [2.05, 4.69) is 20.3 Å². The van der Waals surface area contributed by atoms with Crippen LogP contribution < -0.4 is 9.64 Å². The summed E-state index contributed by atoms with van der Waals surface area (Å²) in [6.07, 6.45) is 1.77.